The number of halogens is 1. The van der Waals surface area contributed by atoms with E-state index in [1.54, 1.807) is 6.26 Å². The molecular weight excluding hydrogens is 288 g/mol. The lowest BCUT2D eigenvalue weighted by atomic mass is 10.1. The zero-order chi connectivity index (χ0) is 13.8. The number of carbonyl (C=O) groups is 1. The minimum absolute atomic E-state index is 0. The van der Waals surface area contributed by atoms with Crippen LogP contribution in [0.25, 0.3) is 0 Å². The highest BCUT2D eigenvalue weighted by Gasteiger charge is 2.23. The van der Waals surface area contributed by atoms with Crippen LogP contribution < -0.4 is 10.6 Å². The Kier molecular flexibility index (Phi) is 5.42. The molecule has 1 saturated carbocycles. The van der Waals surface area contributed by atoms with Gasteiger partial charge in [0.1, 0.15) is 5.76 Å². The van der Waals surface area contributed by atoms with Crippen molar-refractivity contribution < 1.29 is 9.21 Å². The lowest BCUT2D eigenvalue weighted by Crippen LogP contribution is -2.25. The van der Waals surface area contributed by atoms with Gasteiger partial charge >= 0.3 is 0 Å². The van der Waals surface area contributed by atoms with Crippen molar-refractivity contribution in [1.82, 2.24) is 10.6 Å². The Hall–Kier alpha value is -1.78. The number of furan rings is 1. The normalized spacial score (nSPS) is 13.5. The van der Waals surface area contributed by atoms with Gasteiger partial charge in [-0.2, -0.15) is 0 Å². The van der Waals surface area contributed by atoms with Crippen molar-refractivity contribution >= 4 is 18.3 Å². The van der Waals surface area contributed by atoms with Gasteiger partial charge in [0, 0.05) is 18.2 Å². The molecule has 0 bridgehead atoms. The molecule has 4 nitrogen and oxygen atoms in total. The molecule has 0 spiro atoms. The van der Waals surface area contributed by atoms with Gasteiger partial charge in [-0.1, -0.05) is 12.1 Å². The predicted molar refractivity (Wildman–Crippen MR) is 83.4 cm³/mol. The molecule has 1 aliphatic carbocycles. The van der Waals surface area contributed by atoms with Crippen molar-refractivity contribution in [2.75, 3.05) is 0 Å². The van der Waals surface area contributed by atoms with Crippen LogP contribution in [0.2, 0.25) is 0 Å². The lowest BCUT2D eigenvalue weighted by Gasteiger charge is -2.06. The summed E-state index contributed by atoms with van der Waals surface area (Å²) in [5.74, 6) is 0.952. The number of carbonyl (C=O) groups excluding carboxylic acids is 1. The molecule has 0 aliphatic heterocycles. The van der Waals surface area contributed by atoms with Crippen molar-refractivity contribution in [2.24, 2.45) is 0 Å². The van der Waals surface area contributed by atoms with Gasteiger partial charge < -0.3 is 15.1 Å². The van der Waals surface area contributed by atoms with Gasteiger partial charge in [-0.3, -0.25) is 4.79 Å². The molecule has 1 aromatic heterocycles. The Morgan fingerprint density at radius 2 is 1.90 bits per heavy atom. The third-order valence-electron chi connectivity index (χ3n) is 3.34. The van der Waals surface area contributed by atoms with Crippen LogP contribution in [0.15, 0.2) is 47.1 Å². The molecule has 2 N–H and O–H groups in total. The first-order valence-corrected chi connectivity index (χ1v) is 6.94. The summed E-state index contributed by atoms with van der Waals surface area (Å²) in [6.07, 6.45) is 3.89. The van der Waals surface area contributed by atoms with Crippen LogP contribution in [0.1, 0.15) is 34.5 Å². The van der Waals surface area contributed by atoms with E-state index in [4.69, 9.17) is 4.42 Å². The molecule has 0 saturated heterocycles. The molecule has 1 aromatic carbocycles. The van der Waals surface area contributed by atoms with Crippen molar-refractivity contribution in [3.8, 4) is 0 Å². The number of hydrogen-bond donors (Lipinski definition) is 2. The number of amides is 1. The molecule has 1 aliphatic rings. The van der Waals surface area contributed by atoms with Crippen LogP contribution in [0.3, 0.4) is 0 Å². The first-order valence-electron chi connectivity index (χ1n) is 6.94. The Balaban J connectivity index is 0.00000161. The first-order chi connectivity index (χ1) is 9.81. The molecular formula is C16H19ClN2O2. The van der Waals surface area contributed by atoms with E-state index in [1.807, 2.05) is 36.4 Å². The molecule has 5 heteroatoms. The first kappa shape index (κ1) is 15.6. The van der Waals surface area contributed by atoms with Gasteiger partial charge in [0.25, 0.3) is 5.91 Å². The zero-order valence-electron chi connectivity index (χ0n) is 11.7. The molecule has 1 amide bonds. The van der Waals surface area contributed by atoms with Crippen molar-refractivity contribution in [3.05, 3.63) is 59.5 Å². The van der Waals surface area contributed by atoms with Gasteiger partial charge in [0.05, 0.1) is 12.8 Å². The molecule has 2 aromatic rings. The standard InChI is InChI=1S/C16H18N2O2.ClH/c19-16(18-14-7-8-14)13-5-3-12(4-6-13)10-17-11-15-2-1-9-20-15;/h1-6,9,14,17H,7-8,10-11H2,(H,18,19);1H. The lowest BCUT2D eigenvalue weighted by molar-refractivity contribution is 0.0951. The second-order valence-electron chi connectivity index (χ2n) is 5.13. The van der Waals surface area contributed by atoms with Crippen LogP contribution in [0, 0.1) is 0 Å². The monoisotopic (exact) mass is 306 g/mol. The van der Waals surface area contributed by atoms with Crippen molar-refractivity contribution in [3.63, 3.8) is 0 Å². The van der Waals surface area contributed by atoms with E-state index in [2.05, 4.69) is 10.6 Å². The summed E-state index contributed by atoms with van der Waals surface area (Å²) in [4.78, 5) is 11.8. The largest absolute Gasteiger partial charge is 0.468 e. The Bertz CT molecular complexity index is 562. The molecule has 21 heavy (non-hydrogen) atoms. The van der Waals surface area contributed by atoms with Crippen LogP contribution in [-0.2, 0) is 13.1 Å². The average Bonchev–Trinajstić information content (AvgIpc) is 3.12. The molecule has 112 valence electrons. The van der Waals surface area contributed by atoms with E-state index in [0.717, 1.165) is 36.3 Å². The Morgan fingerprint density at radius 1 is 1.14 bits per heavy atom. The minimum Gasteiger partial charge on any atom is -0.468 e. The number of hydrogen-bond acceptors (Lipinski definition) is 3. The van der Waals surface area contributed by atoms with E-state index in [0.29, 0.717) is 12.6 Å². The SMILES string of the molecule is Cl.O=C(NC1CC1)c1ccc(CNCc2ccco2)cc1. The second kappa shape index (κ2) is 7.29. The van der Waals surface area contributed by atoms with Crippen molar-refractivity contribution in [1.29, 1.82) is 0 Å². The second-order valence-corrected chi connectivity index (χ2v) is 5.13. The highest BCUT2D eigenvalue weighted by atomic mass is 35.5. The quantitative estimate of drug-likeness (QED) is 0.863. The van der Waals surface area contributed by atoms with E-state index >= 15 is 0 Å². The van der Waals surface area contributed by atoms with Gasteiger partial charge in [-0.25, -0.2) is 0 Å². The molecule has 1 fully saturated rings. The fourth-order valence-corrected chi connectivity index (χ4v) is 2.01. The van der Waals surface area contributed by atoms with E-state index in [9.17, 15) is 4.79 Å². The Morgan fingerprint density at radius 3 is 2.52 bits per heavy atom. The summed E-state index contributed by atoms with van der Waals surface area (Å²) >= 11 is 0. The summed E-state index contributed by atoms with van der Waals surface area (Å²) in [7, 11) is 0. The smallest absolute Gasteiger partial charge is 0.251 e. The predicted octanol–water partition coefficient (Wildman–Crippen LogP) is 2.88. The summed E-state index contributed by atoms with van der Waals surface area (Å²) in [5.41, 5.74) is 1.88. The third kappa shape index (κ3) is 4.62. The van der Waals surface area contributed by atoms with Gasteiger partial charge in [-0.05, 0) is 42.7 Å². The Labute approximate surface area is 130 Å². The molecule has 1 heterocycles. The summed E-state index contributed by atoms with van der Waals surface area (Å²) in [5, 5.41) is 6.29. The molecule has 3 rings (SSSR count). The van der Waals surface area contributed by atoms with Gasteiger partial charge in [-0.15, -0.1) is 12.4 Å². The maximum atomic E-state index is 11.8. The molecule has 0 atom stereocenters. The van der Waals surface area contributed by atoms with E-state index in [-0.39, 0.29) is 18.3 Å². The van der Waals surface area contributed by atoms with Crippen LogP contribution >= 0.6 is 12.4 Å². The molecule has 0 radical (unpaired) electrons. The van der Waals surface area contributed by atoms with Crippen LogP contribution in [0.4, 0.5) is 0 Å². The van der Waals surface area contributed by atoms with Gasteiger partial charge in [0.15, 0.2) is 0 Å². The molecule has 0 unspecified atom stereocenters. The van der Waals surface area contributed by atoms with Crippen LogP contribution in [-0.4, -0.2) is 11.9 Å². The summed E-state index contributed by atoms with van der Waals surface area (Å²) in [6.45, 7) is 1.46. The number of rotatable bonds is 6. The van der Waals surface area contributed by atoms with E-state index < -0.39 is 0 Å². The summed E-state index contributed by atoms with van der Waals surface area (Å²) in [6, 6.07) is 11.9. The summed E-state index contributed by atoms with van der Waals surface area (Å²) < 4.78 is 5.25. The highest BCUT2D eigenvalue weighted by Crippen LogP contribution is 2.19. The maximum absolute atomic E-state index is 11.8. The highest BCUT2D eigenvalue weighted by molar-refractivity contribution is 5.94. The minimum atomic E-state index is 0. The van der Waals surface area contributed by atoms with Crippen molar-refractivity contribution in [2.45, 2.75) is 32.0 Å². The fraction of sp³-hybridized carbons (Fsp3) is 0.312. The number of nitrogens with one attached hydrogen (secondary N) is 2. The topological polar surface area (TPSA) is 54.3 Å². The fourth-order valence-electron chi connectivity index (χ4n) is 2.01. The number of benzene rings is 1. The third-order valence-corrected chi connectivity index (χ3v) is 3.34. The average molecular weight is 307 g/mol. The maximum Gasteiger partial charge on any atom is 0.251 e. The van der Waals surface area contributed by atoms with Gasteiger partial charge in [0.2, 0.25) is 0 Å². The van der Waals surface area contributed by atoms with E-state index in [1.165, 1.54) is 0 Å². The zero-order valence-corrected chi connectivity index (χ0v) is 12.5. The van der Waals surface area contributed by atoms with Crippen LogP contribution in [0.5, 0.6) is 0 Å².